The van der Waals surface area contributed by atoms with Crippen molar-refractivity contribution in [2.45, 2.75) is 18.5 Å². The van der Waals surface area contributed by atoms with Gasteiger partial charge in [-0.15, -0.1) is 0 Å². The largest absolute Gasteiger partial charge is 0.419 e. The summed E-state index contributed by atoms with van der Waals surface area (Å²) in [5, 5.41) is 3.18. The minimum absolute atomic E-state index is 0.0896. The molecule has 1 aromatic carbocycles. The molecule has 20 heavy (non-hydrogen) atoms. The average Bonchev–Trinajstić information content (AvgIpc) is 3.13. The molecule has 0 radical (unpaired) electrons. The van der Waals surface area contributed by atoms with Crippen LogP contribution in [-0.4, -0.2) is 26.8 Å². The van der Waals surface area contributed by atoms with Crippen LogP contribution in [0.25, 0.3) is 0 Å². The first-order valence-electron chi connectivity index (χ1n) is 6.49. The Bertz CT molecular complexity index is 461. The van der Waals surface area contributed by atoms with Crippen LogP contribution in [0.4, 0.5) is 17.6 Å². The van der Waals surface area contributed by atoms with E-state index in [1.807, 2.05) is 0 Å². The van der Waals surface area contributed by atoms with Gasteiger partial charge in [0, 0.05) is 13.7 Å². The Balaban J connectivity index is 1.95. The quantitative estimate of drug-likeness (QED) is 0.642. The minimum atomic E-state index is -4.64. The van der Waals surface area contributed by atoms with E-state index < -0.39 is 17.6 Å². The third-order valence-electron chi connectivity index (χ3n) is 3.54. The summed E-state index contributed by atoms with van der Waals surface area (Å²) in [6.45, 7) is 2.07. The third kappa shape index (κ3) is 3.70. The number of halogens is 4. The lowest BCUT2D eigenvalue weighted by atomic mass is 10.0. The highest BCUT2D eigenvalue weighted by atomic mass is 19.4. The Morgan fingerprint density at radius 3 is 2.75 bits per heavy atom. The minimum Gasteiger partial charge on any atom is -0.383 e. The molecule has 0 saturated heterocycles. The van der Waals surface area contributed by atoms with Gasteiger partial charge in [-0.05, 0) is 42.5 Å². The van der Waals surface area contributed by atoms with Gasteiger partial charge in [-0.2, -0.15) is 13.2 Å². The molecule has 112 valence electrons. The number of hydrogen-bond acceptors (Lipinski definition) is 2. The zero-order valence-corrected chi connectivity index (χ0v) is 11.1. The zero-order chi connectivity index (χ0) is 14.8. The van der Waals surface area contributed by atoms with Crippen LogP contribution < -0.4 is 5.32 Å². The van der Waals surface area contributed by atoms with Gasteiger partial charge in [0.1, 0.15) is 5.82 Å². The number of nitrogens with one attached hydrogen (secondary N) is 1. The van der Waals surface area contributed by atoms with Crippen LogP contribution in [0.5, 0.6) is 0 Å². The van der Waals surface area contributed by atoms with E-state index >= 15 is 0 Å². The molecule has 1 aromatic rings. The summed E-state index contributed by atoms with van der Waals surface area (Å²) in [5.74, 6) is -0.804. The van der Waals surface area contributed by atoms with Gasteiger partial charge in [0.2, 0.25) is 0 Å². The van der Waals surface area contributed by atoms with Gasteiger partial charge in [-0.25, -0.2) is 4.39 Å². The van der Waals surface area contributed by atoms with Crippen molar-refractivity contribution in [3.8, 4) is 0 Å². The smallest absolute Gasteiger partial charge is 0.383 e. The Morgan fingerprint density at radius 2 is 2.10 bits per heavy atom. The van der Waals surface area contributed by atoms with E-state index in [1.165, 1.54) is 6.07 Å². The van der Waals surface area contributed by atoms with Gasteiger partial charge in [0.15, 0.2) is 0 Å². The fourth-order valence-electron chi connectivity index (χ4n) is 2.33. The van der Waals surface area contributed by atoms with Crippen molar-refractivity contribution < 1.29 is 22.3 Å². The topological polar surface area (TPSA) is 21.3 Å². The van der Waals surface area contributed by atoms with E-state index in [2.05, 4.69) is 5.32 Å². The molecule has 1 aliphatic rings. The number of methoxy groups -OCH3 is 1. The molecule has 6 heteroatoms. The van der Waals surface area contributed by atoms with E-state index in [0.29, 0.717) is 18.1 Å². The van der Waals surface area contributed by atoms with Gasteiger partial charge >= 0.3 is 6.18 Å². The average molecular weight is 291 g/mol. The molecule has 1 saturated carbocycles. The van der Waals surface area contributed by atoms with E-state index in [0.717, 1.165) is 31.6 Å². The normalized spacial score (nSPS) is 22.1. The van der Waals surface area contributed by atoms with Gasteiger partial charge in [-0.3, -0.25) is 0 Å². The standard InChI is InChI=1S/C14H17F4NO/c1-20-5-4-19-8-10-6-11(10)9-2-3-13(15)12(7-9)14(16,17)18/h2-3,7,10-11,19H,4-6,8H2,1H3. The van der Waals surface area contributed by atoms with Crippen molar-refractivity contribution in [1.82, 2.24) is 5.32 Å². The molecule has 1 aliphatic carbocycles. The summed E-state index contributed by atoms with van der Waals surface area (Å²) in [5.41, 5.74) is -0.606. The van der Waals surface area contributed by atoms with Crippen LogP contribution >= 0.6 is 0 Å². The molecule has 2 unspecified atom stereocenters. The van der Waals surface area contributed by atoms with Crippen LogP contribution in [0, 0.1) is 11.7 Å². The summed E-state index contributed by atoms with van der Waals surface area (Å²) in [7, 11) is 1.61. The highest BCUT2D eigenvalue weighted by molar-refractivity contribution is 5.33. The van der Waals surface area contributed by atoms with Gasteiger partial charge in [0.25, 0.3) is 0 Å². The van der Waals surface area contributed by atoms with Crippen molar-refractivity contribution in [2.24, 2.45) is 5.92 Å². The van der Waals surface area contributed by atoms with Crippen LogP contribution in [0.2, 0.25) is 0 Å². The summed E-state index contributed by atoms with van der Waals surface area (Å²) in [4.78, 5) is 0. The zero-order valence-electron chi connectivity index (χ0n) is 11.1. The predicted octanol–water partition coefficient (Wildman–Crippen LogP) is 3.18. The number of rotatable bonds is 6. The fourth-order valence-corrected chi connectivity index (χ4v) is 2.33. The Hall–Kier alpha value is -1.14. The molecule has 0 heterocycles. The van der Waals surface area contributed by atoms with Crippen molar-refractivity contribution in [2.75, 3.05) is 26.8 Å². The predicted molar refractivity (Wildman–Crippen MR) is 67.0 cm³/mol. The molecule has 2 rings (SSSR count). The number of alkyl halides is 3. The second kappa shape index (κ2) is 6.10. The third-order valence-corrected chi connectivity index (χ3v) is 3.54. The van der Waals surface area contributed by atoms with E-state index in [1.54, 1.807) is 7.11 Å². The molecule has 0 aliphatic heterocycles. The molecule has 2 atom stereocenters. The van der Waals surface area contributed by atoms with Crippen molar-refractivity contribution in [1.29, 1.82) is 0 Å². The maximum Gasteiger partial charge on any atom is 0.419 e. The van der Waals surface area contributed by atoms with Crippen LogP contribution in [0.1, 0.15) is 23.5 Å². The maximum absolute atomic E-state index is 13.2. The first kappa shape index (κ1) is 15.3. The highest BCUT2D eigenvalue weighted by Crippen LogP contribution is 2.48. The molecule has 0 bridgehead atoms. The lowest BCUT2D eigenvalue weighted by molar-refractivity contribution is -0.140. The summed E-state index contributed by atoms with van der Waals surface area (Å²) in [6.07, 6.45) is -3.80. The Labute approximate surface area is 115 Å². The fraction of sp³-hybridized carbons (Fsp3) is 0.571. The van der Waals surface area contributed by atoms with Crippen LogP contribution in [-0.2, 0) is 10.9 Å². The van der Waals surface area contributed by atoms with E-state index in [9.17, 15) is 17.6 Å². The lowest BCUT2D eigenvalue weighted by Crippen LogP contribution is -2.21. The maximum atomic E-state index is 13.2. The summed E-state index contributed by atoms with van der Waals surface area (Å²) in [6, 6.07) is 3.30. The van der Waals surface area contributed by atoms with Crippen molar-refractivity contribution in [3.05, 3.63) is 35.1 Å². The SMILES string of the molecule is COCCNCC1CC1c1ccc(F)c(C(F)(F)F)c1. The van der Waals surface area contributed by atoms with Gasteiger partial charge in [-0.1, -0.05) is 6.07 Å². The van der Waals surface area contributed by atoms with Crippen LogP contribution in [0.3, 0.4) is 0 Å². The molecule has 0 amide bonds. The molecule has 1 fully saturated rings. The number of benzene rings is 1. The number of ether oxygens (including phenoxy) is 1. The summed E-state index contributed by atoms with van der Waals surface area (Å²) >= 11 is 0. The monoisotopic (exact) mass is 291 g/mol. The molecule has 0 spiro atoms. The molecular formula is C14H17F4NO. The number of hydrogen-bond donors (Lipinski definition) is 1. The molecule has 2 nitrogen and oxygen atoms in total. The molecule has 0 aromatic heterocycles. The molecular weight excluding hydrogens is 274 g/mol. The second-order valence-electron chi connectivity index (χ2n) is 5.04. The van der Waals surface area contributed by atoms with Crippen molar-refractivity contribution >= 4 is 0 Å². The highest BCUT2D eigenvalue weighted by Gasteiger charge is 2.40. The Kier molecular flexibility index (Phi) is 4.65. The second-order valence-corrected chi connectivity index (χ2v) is 5.04. The first-order valence-corrected chi connectivity index (χ1v) is 6.49. The molecule has 1 N–H and O–H groups in total. The van der Waals surface area contributed by atoms with Crippen molar-refractivity contribution in [3.63, 3.8) is 0 Å². The lowest BCUT2D eigenvalue weighted by Gasteiger charge is -2.10. The van der Waals surface area contributed by atoms with Crippen LogP contribution in [0.15, 0.2) is 18.2 Å². The van der Waals surface area contributed by atoms with E-state index in [4.69, 9.17) is 4.74 Å². The summed E-state index contributed by atoms with van der Waals surface area (Å²) < 4.78 is 56.0. The Morgan fingerprint density at radius 1 is 1.35 bits per heavy atom. The van der Waals surface area contributed by atoms with Gasteiger partial charge < -0.3 is 10.1 Å². The first-order chi connectivity index (χ1) is 9.43. The van der Waals surface area contributed by atoms with Gasteiger partial charge in [0.05, 0.1) is 12.2 Å². The van der Waals surface area contributed by atoms with E-state index in [-0.39, 0.29) is 5.92 Å².